The summed E-state index contributed by atoms with van der Waals surface area (Å²) in [4.78, 5) is 13.7. The fourth-order valence-corrected chi connectivity index (χ4v) is 2.93. The number of ketones is 1. The number of carbonyl (C=O) groups is 1. The molecule has 0 aliphatic rings. The second kappa shape index (κ2) is 7.43. The van der Waals surface area contributed by atoms with Gasteiger partial charge in [-0.05, 0) is 34.7 Å². The van der Waals surface area contributed by atoms with Gasteiger partial charge in [-0.3, -0.25) is 4.79 Å². The quantitative estimate of drug-likeness (QED) is 0.685. The van der Waals surface area contributed by atoms with Gasteiger partial charge >= 0.3 is 6.18 Å². The lowest BCUT2D eigenvalue weighted by Crippen LogP contribution is -2.32. The first-order valence-corrected chi connectivity index (χ1v) is 8.40. The van der Waals surface area contributed by atoms with Gasteiger partial charge in [0.25, 0.3) is 5.78 Å². The zero-order valence-corrected chi connectivity index (χ0v) is 15.6. The standard InChI is InChI=1S/C21H21F3N2O/c1-20(2,3)14-9-11-15(12-10-14)26(4)19(18(27)13-25)16-7-5-6-8-17(16)21(22,23)24/h5-12,19H,1-4H3. The summed E-state index contributed by atoms with van der Waals surface area (Å²) >= 11 is 0. The molecule has 0 heterocycles. The van der Waals surface area contributed by atoms with E-state index in [-0.39, 0.29) is 11.0 Å². The molecular weight excluding hydrogens is 353 g/mol. The summed E-state index contributed by atoms with van der Waals surface area (Å²) in [6.45, 7) is 6.15. The fraction of sp³-hybridized carbons (Fsp3) is 0.333. The maximum Gasteiger partial charge on any atom is 0.416 e. The molecule has 0 aliphatic carbocycles. The van der Waals surface area contributed by atoms with Crippen LogP contribution in [0.4, 0.5) is 18.9 Å². The van der Waals surface area contributed by atoms with Crippen molar-refractivity contribution >= 4 is 11.5 Å². The van der Waals surface area contributed by atoms with Crippen molar-refractivity contribution in [3.8, 4) is 6.07 Å². The smallest absolute Gasteiger partial charge is 0.360 e. The van der Waals surface area contributed by atoms with E-state index in [9.17, 15) is 18.0 Å². The molecule has 0 N–H and O–H groups in total. The van der Waals surface area contributed by atoms with Crippen molar-refractivity contribution in [2.24, 2.45) is 0 Å². The molecule has 0 bridgehead atoms. The molecule has 1 atom stereocenters. The van der Waals surface area contributed by atoms with E-state index in [4.69, 9.17) is 5.26 Å². The van der Waals surface area contributed by atoms with Gasteiger partial charge in [0.1, 0.15) is 12.1 Å². The second-order valence-electron chi connectivity index (χ2n) is 7.37. The zero-order valence-electron chi connectivity index (χ0n) is 15.6. The Bertz CT molecular complexity index is 859. The van der Waals surface area contributed by atoms with Crippen molar-refractivity contribution in [2.45, 2.75) is 38.4 Å². The number of hydrogen-bond acceptors (Lipinski definition) is 3. The van der Waals surface area contributed by atoms with Gasteiger partial charge in [0, 0.05) is 12.7 Å². The Morgan fingerprint density at radius 3 is 2.07 bits per heavy atom. The molecule has 0 radical (unpaired) electrons. The number of rotatable bonds is 4. The first-order chi connectivity index (χ1) is 12.5. The van der Waals surface area contributed by atoms with E-state index < -0.39 is 23.6 Å². The number of likely N-dealkylation sites (N-methyl/N-ethyl adjacent to an activating group) is 1. The number of nitrogens with zero attached hydrogens (tertiary/aromatic N) is 2. The summed E-state index contributed by atoms with van der Waals surface area (Å²) in [6, 6.07) is 12.2. The summed E-state index contributed by atoms with van der Waals surface area (Å²) in [6.07, 6.45) is -4.62. The summed E-state index contributed by atoms with van der Waals surface area (Å²) in [5, 5.41) is 9.10. The molecule has 6 heteroatoms. The predicted molar refractivity (Wildman–Crippen MR) is 98.4 cm³/mol. The van der Waals surface area contributed by atoms with Gasteiger partial charge in [0.05, 0.1) is 5.56 Å². The number of anilines is 1. The monoisotopic (exact) mass is 374 g/mol. The minimum atomic E-state index is -4.62. The van der Waals surface area contributed by atoms with E-state index in [1.54, 1.807) is 12.1 Å². The minimum Gasteiger partial charge on any atom is -0.360 e. The van der Waals surface area contributed by atoms with Crippen LogP contribution in [0.15, 0.2) is 48.5 Å². The Hall–Kier alpha value is -2.81. The molecule has 0 saturated heterocycles. The fourth-order valence-electron chi connectivity index (χ4n) is 2.93. The average Bonchev–Trinajstić information content (AvgIpc) is 2.60. The lowest BCUT2D eigenvalue weighted by Gasteiger charge is -2.30. The Morgan fingerprint density at radius 1 is 1.04 bits per heavy atom. The molecule has 1 unspecified atom stereocenters. The van der Waals surface area contributed by atoms with Crippen molar-refractivity contribution in [2.75, 3.05) is 11.9 Å². The highest BCUT2D eigenvalue weighted by molar-refractivity contribution is 6.00. The van der Waals surface area contributed by atoms with E-state index in [0.29, 0.717) is 5.69 Å². The van der Waals surface area contributed by atoms with Crippen LogP contribution in [0.2, 0.25) is 0 Å². The van der Waals surface area contributed by atoms with Crippen molar-refractivity contribution in [3.05, 3.63) is 65.2 Å². The van der Waals surface area contributed by atoms with Crippen LogP contribution in [0.25, 0.3) is 0 Å². The van der Waals surface area contributed by atoms with Crippen molar-refractivity contribution in [1.29, 1.82) is 5.26 Å². The molecule has 0 aromatic heterocycles. The van der Waals surface area contributed by atoms with Gasteiger partial charge in [0.15, 0.2) is 0 Å². The van der Waals surface area contributed by atoms with Crippen LogP contribution in [0.5, 0.6) is 0 Å². The van der Waals surface area contributed by atoms with Crippen LogP contribution in [0, 0.1) is 11.3 Å². The molecule has 0 fully saturated rings. The topological polar surface area (TPSA) is 44.1 Å². The highest BCUT2D eigenvalue weighted by atomic mass is 19.4. The molecule has 2 rings (SSSR count). The van der Waals surface area contributed by atoms with E-state index >= 15 is 0 Å². The lowest BCUT2D eigenvalue weighted by molar-refractivity contribution is -0.138. The molecule has 142 valence electrons. The molecule has 3 nitrogen and oxygen atoms in total. The van der Waals surface area contributed by atoms with Gasteiger partial charge in [-0.25, -0.2) is 0 Å². The summed E-state index contributed by atoms with van der Waals surface area (Å²) < 4.78 is 40.2. The molecular formula is C21H21F3N2O. The molecule has 2 aromatic carbocycles. The average molecular weight is 374 g/mol. The molecule has 0 amide bonds. The maximum absolute atomic E-state index is 13.4. The van der Waals surface area contributed by atoms with Crippen LogP contribution in [-0.4, -0.2) is 12.8 Å². The van der Waals surface area contributed by atoms with Gasteiger partial charge < -0.3 is 4.90 Å². The van der Waals surface area contributed by atoms with Crippen LogP contribution < -0.4 is 4.90 Å². The second-order valence-corrected chi connectivity index (χ2v) is 7.37. The van der Waals surface area contributed by atoms with Crippen molar-refractivity contribution < 1.29 is 18.0 Å². The SMILES string of the molecule is CN(c1ccc(C(C)(C)C)cc1)C(C(=O)C#N)c1ccccc1C(F)(F)F. The van der Waals surface area contributed by atoms with Crippen LogP contribution in [0.1, 0.15) is 43.5 Å². The van der Waals surface area contributed by atoms with E-state index in [1.165, 1.54) is 36.2 Å². The number of alkyl halides is 3. The third kappa shape index (κ3) is 4.48. The number of carbonyl (C=O) groups excluding carboxylic acids is 1. The maximum atomic E-state index is 13.4. The third-order valence-corrected chi connectivity index (χ3v) is 4.45. The number of benzene rings is 2. The Labute approximate surface area is 157 Å². The van der Waals surface area contributed by atoms with Crippen LogP contribution >= 0.6 is 0 Å². The summed E-state index contributed by atoms with van der Waals surface area (Å²) in [5.74, 6) is -0.950. The Balaban J connectivity index is 2.53. The number of nitriles is 1. The molecule has 0 saturated carbocycles. The van der Waals surface area contributed by atoms with Crippen LogP contribution in [-0.2, 0) is 16.4 Å². The van der Waals surface area contributed by atoms with Crippen molar-refractivity contribution in [3.63, 3.8) is 0 Å². The van der Waals surface area contributed by atoms with E-state index in [2.05, 4.69) is 0 Å². The zero-order chi connectivity index (χ0) is 20.4. The number of halogens is 3. The predicted octanol–water partition coefficient (Wildman–Crippen LogP) is 5.27. The van der Waals surface area contributed by atoms with Crippen LogP contribution in [0.3, 0.4) is 0 Å². The first-order valence-electron chi connectivity index (χ1n) is 8.40. The molecule has 27 heavy (non-hydrogen) atoms. The van der Waals surface area contributed by atoms with Gasteiger partial charge in [-0.15, -0.1) is 0 Å². The van der Waals surface area contributed by atoms with Gasteiger partial charge in [0.2, 0.25) is 0 Å². The molecule has 0 aliphatic heterocycles. The van der Waals surface area contributed by atoms with E-state index in [1.807, 2.05) is 32.9 Å². The highest BCUT2D eigenvalue weighted by Gasteiger charge is 2.38. The first kappa shape index (κ1) is 20.5. The third-order valence-electron chi connectivity index (χ3n) is 4.45. The molecule has 2 aromatic rings. The Kier molecular flexibility index (Phi) is 5.65. The van der Waals surface area contributed by atoms with Gasteiger partial charge in [-0.1, -0.05) is 51.1 Å². The highest BCUT2D eigenvalue weighted by Crippen LogP contribution is 2.38. The Morgan fingerprint density at radius 2 is 1.59 bits per heavy atom. The number of hydrogen-bond donors (Lipinski definition) is 0. The lowest BCUT2D eigenvalue weighted by atomic mass is 9.87. The van der Waals surface area contributed by atoms with Gasteiger partial charge in [-0.2, -0.15) is 18.4 Å². The largest absolute Gasteiger partial charge is 0.416 e. The minimum absolute atomic E-state index is 0.0815. The summed E-state index contributed by atoms with van der Waals surface area (Å²) in [5.41, 5.74) is 0.366. The van der Waals surface area contributed by atoms with E-state index in [0.717, 1.165) is 11.6 Å². The number of Topliss-reactive ketones (excluding diaryl/α,β-unsaturated/α-hetero) is 1. The summed E-state index contributed by atoms with van der Waals surface area (Å²) in [7, 11) is 1.51. The normalized spacial score (nSPS) is 13.0. The molecule has 0 spiro atoms. The van der Waals surface area contributed by atoms with Crippen molar-refractivity contribution in [1.82, 2.24) is 0 Å².